The summed E-state index contributed by atoms with van der Waals surface area (Å²) < 4.78 is 50.4. The smallest absolute Gasteiger partial charge is 0.187 e. The molecule has 3 aromatic carbocycles. The molecule has 6 rings (SSSR count). The van der Waals surface area contributed by atoms with Crippen molar-refractivity contribution in [3.05, 3.63) is 108 Å². The van der Waals surface area contributed by atoms with Gasteiger partial charge in [-0.25, -0.2) is 0 Å². The summed E-state index contributed by atoms with van der Waals surface area (Å²) in [5.41, 5.74) is 2.70. The van der Waals surface area contributed by atoms with Crippen molar-refractivity contribution >= 4 is 0 Å². The van der Waals surface area contributed by atoms with E-state index in [-0.39, 0.29) is 19.8 Å². The van der Waals surface area contributed by atoms with E-state index in [4.69, 9.17) is 37.9 Å². The molecule has 15 unspecified atom stereocenters. The molecule has 3 saturated heterocycles. The predicted octanol–water partition coefficient (Wildman–Crippen LogP) is 1.20. The minimum atomic E-state index is -1.71. The zero-order valence-electron chi connectivity index (χ0n) is 30.3. The number of aliphatic hydroxyl groups excluding tert-OH is 6. The van der Waals surface area contributed by atoms with E-state index < -0.39 is 105 Å². The van der Waals surface area contributed by atoms with Gasteiger partial charge in [0.2, 0.25) is 0 Å². The number of benzene rings is 3. The molecule has 14 heteroatoms. The van der Waals surface area contributed by atoms with Crippen molar-refractivity contribution in [3.8, 4) is 0 Å². The van der Waals surface area contributed by atoms with E-state index in [9.17, 15) is 30.6 Å². The molecule has 296 valence electrons. The van der Waals surface area contributed by atoms with Crippen LogP contribution in [0.15, 0.2) is 91.0 Å². The van der Waals surface area contributed by atoms with Gasteiger partial charge in [0.25, 0.3) is 0 Å². The second-order valence-electron chi connectivity index (χ2n) is 13.9. The molecule has 0 amide bonds. The van der Waals surface area contributed by atoms with Crippen LogP contribution in [0.4, 0.5) is 0 Å². The molecule has 3 heterocycles. The highest BCUT2D eigenvalue weighted by atomic mass is 16.8. The summed E-state index contributed by atoms with van der Waals surface area (Å²) in [7, 11) is 0. The summed E-state index contributed by atoms with van der Waals surface area (Å²) in [4.78, 5) is 0. The summed E-state index contributed by atoms with van der Waals surface area (Å²) in [5.74, 6) is 0. The Kier molecular flexibility index (Phi) is 14.6. The van der Waals surface area contributed by atoms with E-state index in [1.165, 1.54) is 0 Å². The number of hydrogen-bond acceptors (Lipinski definition) is 14. The van der Waals surface area contributed by atoms with E-state index in [1.54, 1.807) is 13.8 Å². The van der Waals surface area contributed by atoms with Gasteiger partial charge in [-0.1, -0.05) is 91.0 Å². The molecule has 3 aliphatic heterocycles. The highest BCUT2D eigenvalue weighted by Gasteiger charge is 2.54. The van der Waals surface area contributed by atoms with Crippen molar-refractivity contribution in [3.63, 3.8) is 0 Å². The third-order valence-electron chi connectivity index (χ3n) is 10.1. The van der Waals surface area contributed by atoms with Gasteiger partial charge in [0.05, 0.1) is 45.2 Å². The first-order chi connectivity index (χ1) is 26.2. The van der Waals surface area contributed by atoms with Crippen molar-refractivity contribution in [1.29, 1.82) is 0 Å². The van der Waals surface area contributed by atoms with Gasteiger partial charge in [-0.15, -0.1) is 0 Å². The molecular formula is C40H52O14. The Morgan fingerprint density at radius 3 is 1.41 bits per heavy atom. The maximum absolute atomic E-state index is 11.5. The van der Waals surface area contributed by atoms with Crippen molar-refractivity contribution < 1.29 is 68.5 Å². The van der Waals surface area contributed by atoms with Gasteiger partial charge in [0, 0.05) is 0 Å². The summed E-state index contributed by atoms with van der Waals surface area (Å²) >= 11 is 0. The molecule has 15 atom stereocenters. The van der Waals surface area contributed by atoms with Crippen LogP contribution in [0.25, 0.3) is 0 Å². The lowest BCUT2D eigenvalue weighted by Gasteiger charge is -2.49. The van der Waals surface area contributed by atoms with Gasteiger partial charge in [-0.3, -0.25) is 0 Å². The van der Waals surface area contributed by atoms with Gasteiger partial charge in [-0.2, -0.15) is 0 Å². The Bertz CT molecular complexity index is 1520. The number of rotatable bonds is 15. The average Bonchev–Trinajstić information content (AvgIpc) is 3.20. The molecule has 0 aromatic heterocycles. The van der Waals surface area contributed by atoms with Gasteiger partial charge in [0.15, 0.2) is 12.6 Å². The molecule has 0 bridgehead atoms. The fourth-order valence-corrected chi connectivity index (χ4v) is 7.04. The highest BCUT2D eigenvalue weighted by Crippen LogP contribution is 2.36. The molecule has 14 nitrogen and oxygen atoms in total. The lowest BCUT2D eigenvalue weighted by Crippen LogP contribution is -2.67. The Morgan fingerprint density at radius 2 is 0.889 bits per heavy atom. The van der Waals surface area contributed by atoms with E-state index in [2.05, 4.69) is 0 Å². The van der Waals surface area contributed by atoms with Crippen LogP contribution in [0.2, 0.25) is 0 Å². The van der Waals surface area contributed by atoms with E-state index in [1.807, 2.05) is 91.0 Å². The van der Waals surface area contributed by atoms with Crippen molar-refractivity contribution in [2.24, 2.45) is 0 Å². The van der Waals surface area contributed by atoms with E-state index in [0.29, 0.717) is 0 Å². The van der Waals surface area contributed by atoms with Gasteiger partial charge >= 0.3 is 0 Å². The largest absolute Gasteiger partial charge is 0.394 e. The third-order valence-corrected chi connectivity index (χ3v) is 10.1. The quantitative estimate of drug-likeness (QED) is 0.130. The average molecular weight is 757 g/mol. The minimum Gasteiger partial charge on any atom is -0.394 e. The van der Waals surface area contributed by atoms with Crippen LogP contribution in [-0.2, 0) is 57.7 Å². The Labute approximate surface area is 314 Å². The predicted molar refractivity (Wildman–Crippen MR) is 190 cm³/mol. The topological polar surface area (TPSA) is 195 Å². The first-order valence-electron chi connectivity index (χ1n) is 18.4. The summed E-state index contributed by atoms with van der Waals surface area (Å²) in [6.07, 6.45) is -18.3. The van der Waals surface area contributed by atoms with Crippen LogP contribution in [0, 0.1) is 0 Å². The molecule has 0 saturated carbocycles. The molecule has 0 aliphatic carbocycles. The van der Waals surface area contributed by atoms with Crippen LogP contribution in [0.1, 0.15) is 30.5 Å². The van der Waals surface area contributed by atoms with Gasteiger partial charge in [-0.05, 0) is 30.5 Å². The highest BCUT2D eigenvalue weighted by molar-refractivity contribution is 5.16. The molecular weight excluding hydrogens is 704 g/mol. The van der Waals surface area contributed by atoms with Gasteiger partial charge < -0.3 is 68.5 Å². The zero-order chi connectivity index (χ0) is 38.2. The van der Waals surface area contributed by atoms with Crippen molar-refractivity contribution in [2.45, 2.75) is 126 Å². The maximum Gasteiger partial charge on any atom is 0.187 e. The lowest BCUT2D eigenvalue weighted by atomic mass is 9.94. The second-order valence-corrected chi connectivity index (χ2v) is 13.9. The molecule has 54 heavy (non-hydrogen) atoms. The van der Waals surface area contributed by atoms with Crippen molar-refractivity contribution in [2.75, 3.05) is 13.2 Å². The molecule has 0 radical (unpaired) electrons. The number of aliphatic hydroxyl groups is 6. The van der Waals surface area contributed by atoms with E-state index in [0.717, 1.165) is 16.7 Å². The normalized spacial score (nSPS) is 37.2. The van der Waals surface area contributed by atoms with Crippen LogP contribution in [-0.4, -0.2) is 136 Å². The SMILES string of the molecule is CC1OC(CO)C(OC2OC(CO)C(O)C(O)C2OC2OC(C)C(OCc3ccccc3)C(OCc3ccccc3)C2OCc2ccccc2)C(O)C1O. The number of hydrogen-bond donors (Lipinski definition) is 6. The third kappa shape index (κ3) is 9.72. The summed E-state index contributed by atoms with van der Waals surface area (Å²) in [6, 6.07) is 28.8. The monoisotopic (exact) mass is 756 g/mol. The van der Waals surface area contributed by atoms with Crippen LogP contribution < -0.4 is 0 Å². The van der Waals surface area contributed by atoms with Crippen LogP contribution in [0.5, 0.6) is 0 Å². The Morgan fingerprint density at radius 1 is 0.444 bits per heavy atom. The zero-order valence-corrected chi connectivity index (χ0v) is 30.3. The van der Waals surface area contributed by atoms with Gasteiger partial charge in [0.1, 0.15) is 67.1 Å². The first-order valence-corrected chi connectivity index (χ1v) is 18.4. The Balaban J connectivity index is 1.32. The maximum atomic E-state index is 11.5. The van der Waals surface area contributed by atoms with E-state index >= 15 is 0 Å². The van der Waals surface area contributed by atoms with Crippen molar-refractivity contribution in [1.82, 2.24) is 0 Å². The summed E-state index contributed by atoms with van der Waals surface area (Å²) in [6.45, 7) is 2.66. The molecule has 3 aromatic rings. The fraction of sp³-hybridized carbons (Fsp3) is 0.550. The Hall–Kier alpha value is -2.90. The lowest BCUT2D eigenvalue weighted by molar-refractivity contribution is -0.386. The molecule has 6 N–H and O–H groups in total. The first kappa shape index (κ1) is 40.8. The molecule has 3 aliphatic rings. The summed E-state index contributed by atoms with van der Waals surface area (Å²) in [5, 5.41) is 64.2. The molecule has 3 fully saturated rings. The molecule has 0 spiro atoms. The second kappa shape index (κ2) is 19.3. The number of ether oxygens (including phenoxy) is 8. The van der Waals surface area contributed by atoms with Crippen LogP contribution in [0.3, 0.4) is 0 Å². The minimum absolute atomic E-state index is 0.123. The fourth-order valence-electron chi connectivity index (χ4n) is 7.04. The van der Waals surface area contributed by atoms with Crippen LogP contribution >= 0.6 is 0 Å². The standard InChI is InChI=1S/C40H52O14/c1-23-30(43)32(45)35(29(19-42)50-23)53-39-36(33(46)31(44)28(18-41)52-39)54-40-38(49-22-27-16-10-5-11-17-27)37(48-21-26-14-8-4-9-15-26)34(24(2)51-40)47-20-25-12-6-3-7-13-25/h3-17,23-24,28-46H,18-22H2,1-2H3.